The first kappa shape index (κ1) is 13.0. The fraction of sp³-hybridized carbons (Fsp3) is 0. The third kappa shape index (κ3) is 4.12. The van der Waals surface area contributed by atoms with Gasteiger partial charge in [0.25, 0.3) is 5.78 Å². The predicted molar refractivity (Wildman–Crippen MR) is 61.2 cm³/mol. The van der Waals surface area contributed by atoms with Crippen LogP contribution in [0.4, 0.5) is 0 Å². The molecule has 0 amide bonds. The minimum Gasteiger partial charge on any atom is -0.872 e. The van der Waals surface area contributed by atoms with Gasteiger partial charge >= 0.3 is 5.97 Å². The number of aliphatic carboxylic acids is 1. The number of hydrogen-bond donors (Lipinski definition) is 1. The summed E-state index contributed by atoms with van der Waals surface area (Å²) < 4.78 is 0. The highest BCUT2D eigenvalue weighted by Crippen LogP contribution is 2.13. The fourth-order valence-electron chi connectivity index (χ4n) is 1.00. The van der Waals surface area contributed by atoms with Crippen LogP contribution in [0.1, 0.15) is 5.56 Å². The zero-order valence-corrected chi connectivity index (χ0v) is 9.35. The van der Waals surface area contributed by atoms with Gasteiger partial charge in [0.1, 0.15) is 0 Å². The van der Waals surface area contributed by atoms with Crippen LogP contribution in [-0.4, -0.2) is 16.9 Å². The van der Waals surface area contributed by atoms with Gasteiger partial charge in [-0.1, -0.05) is 35.9 Å². The summed E-state index contributed by atoms with van der Waals surface area (Å²) in [5, 5.41) is 20.3. The van der Waals surface area contributed by atoms with Gasteiger partial charge < -0.3 is 10.2 Å². The highest BCUT2D eigenvalue weighted by Gasteiger charge is 2.04. The average molecular weight is 252 g/mol. The molecule has 1 aromatic carbocycles. The Balaban J connectivity index is 2.76. The zero-order valence-electron chi connectivity index (χ0n) is 8.59. The van der Waals surface area contributed by atoms with Crippen LogP contribution in [0.25, 0.3) is 5.76 Å². The van der Waals surface area contributed by atoms with Gasteiger partial charge in [-0.05, 0) is 23.8 Å². The molecule has 1 rings (SSSR count). The van der Waals surface area contributed by atoms with Crippen molar-refractivity contribution in [2.24, 2.45) is 0 Å². The summed E-state index contributed by atoms with van der Waals surface area (Å²) in [6.45, 7) is 0. The molecule has 0 aromatic heterocycles. The third-order valence-corrected chi connectivity index (χ3v) is 2.09. The summed E-state index contributed by atoms with van der Waals surface area (Å²) in [6.07, 6.45) is 3.04. The van der Waals surface area contributed by atoms with Crippen LogP contribution >= 0.6 is 11.6 Å². The largest absolute Gasteiger partial charge is 0.872 e. The Morgan fingerprint density at radius 1 is 1.24 bits per heavy atom. The van der Waals surface area contributed by atoms with Crippen LogP contribution in [0.2, 0.25) is 5.02 Å². The van der Waals surface area contributed by atoms with Crippen LogP contribution in [0.5, 0.6) is 0 Å². The SMILES string of the molecule is O=C(O)C(=O)C=CC=C([O-])c1ccc(Cl)cc1. The maximum Gasteiger partial charge on any atom is 0.376 e. The van der Waals surface area contributed by atoms with E-state index in [0.717, 1.165) is 18.2 Å². The molecule has 17 heavy (non-hydrogen) atoms. The molecular formula is C12H8ClO4-. The number of allylic oxidation sites excluding steroid dienone is 2. The summed E-state index contributed by atoms with van der Waals surface area (Å²) in [7, 11) is 0. The van der Waals surface area contributed by atoms with Crippen molar-refractivity contribution in [3.05, 3.63) is 53.1 Å². The molecular weight excluding hydrogens is 244 g/mol. The minimum absolute atomic E-state index is 0.337. The van der Waals surface area contributed by atoms with E-state index in [0.29, 0.717) is 10.6 Å². The number of rotatable bonds is 4. The smallest absolute Gasteiger partial charge is 0.376 e. The van der Waals surface area contributed by atoms with E-state index in [2.05, 4.69) is 0 Å². The normalized spacial score (nSPS) is 11.7. The average Bonchev–Trinajstić information content (AvgIpc) is 2.29. The second-order valence-corrected chi connectivity index (χ2v) is 3.50. The van der Waals surface area contributed by atoms with Gasteiger partial charge in [0.2, 0.25) is 0 Å². The second-order valence-electron chi connectivity index (χ2n) is 3.07. The van der Waals surface area contributed by atoms with Gasteiger partial charge in [-0.15, -0.1) is 5.76 Å². The Hall–Kier alpha value is -2.07. The highest BCUT2D eigenvalue weighted by molar-refractivity contribution is 6.37. The lowest BCUT2D eigenvalue weighted by molar-refractivity contribution is -0.243. The van der Waals surface area contributed by atoms with Crippen molar-refractivity contribution >= 4 is 29.1 Å². The van der Waals surface area contributed by atoms with Crippen molar-refractivity contribution in [3.63, 3.8) is 0 Å². The third-order valence-electron chi connectivity index (χ3n) is 1.83. The minimum atomic E-state index is -1.56. The zero-order chi connectivity index (χ0) is 12.8. The molecule has 0 aliphatic carbocycles. The summed E-state index contributed by atoms with van der Waals surface area (Å²) in [5.74, 6) is -2.98. The van der Waals surface area contributed by atoms with Crippen molar-refractivity contribution in [1.29, 1.82) is 0 Å². The first-order valence-electron chi connectivity index (χ1n) is 4.59. The van der Waals surface area contributed by atoms with E-state index >= 15 is 0 Å². The maximum atomic E-state index is 11.5. The quantitative estimate of drug-likeness (QED) is 0.378. The van der Waals surface area contributed by atoms with Gasteiger partial charge in [-0.3, -0.25) is 4.79 Å². The monoisotopic (exact) mass is 251 g/mol. The molecule has 0 aliphatic rings. The van der Waals surface area contributed by atoms with E-state index in [9.17, 15) is 14.7 Å². The van der Waals surface area contributed by atoms with Crippen LogP contribution < -0.4 is 5.11 Å². The van der Waals surface area contributed by atoms with Crippen molar-refractivity contribution in [2.75, 3.05) is 0 Å². The van der Waals surface area contributed by atoms with Gasteiger partial charge in [-0.2, -0.15) is 0 Å². The molecule has 5 heteroatoms. The van der Waals surface area contributed by atoms with Crippen LogP contribution in [0.15, 0.2) is 42.5 Å². The van der Waals surface area contributed by atoms with E-state index in [1.165, 1.54) is 12.1 Å². The number of carboxylic acid groups (broad SMARTS) is 1. The fourth-order valence-corrected chi connectivity index (χ4v) is 1.13. The molecule has 1 aromatic rings. The van der Waals surface area contributed by atoms with E-state index in [-0.39, 0.29) is 5.76 Å². The summed E-state index contributed by atoms with van der Waals surface area (Å²) in [5.41, 5.74) is 0.404. The summed E-state index contributed by atoms with van der Waals surface area (Å²) in [4.78, 5) is 20.8. The van der Waals surface area contributed by atoms with Gasteiger partial charge in [0.05, 0.1) is 0 Å². The first-order chi connectivity index (χ1) is 8.00. The number of ketones is 1. The molecule has 0 unspecified atom stereocenters. The molecule has 0 bridgehead atoms. The van der Waals surface area contributed by atoms with Crippen molar-refractivity contribution in [1.82, 2.24) is 0 Å². The molecule has 0 saturated heterocycles. The van der Waals surface area contributed by atoms with E-state index in [4.69, 9.17) is 16.7 Å². The number of hydrogen-bond acceptors (Lipinski definition) is 3. The molecule has 0 saturated carbocycles. The molecule has 0 radical (unpaired) electrons. The molecule has 0 fully saturated rings. The molecule has 0 heterocycles. The molecule has 1 N–H and O–H groups in total. The first-order valence-corrected chi connectivity index (χ1v) is 4.97. The van der Waals surface area contributed by atoms with Gasteiger partial charge in [0, 0.05) is 5.02 Å². The van der Waals surface area contributed by atoms with Crippen molar-refractivity contribution < 1.29 is 19.8 Å². The summed E-state index contributed by atoms with van der Waals surface area (Å²) in [6, 6.07) is 6.20. The maximum absolute atomic E-state index is 11.5. The van der Waals surface area contributed by atoms with Crippen LogP contribution in [0, 0.1) is 0 Å². The molecule has 88 valence electrons. The van der Waals surface area contributed by atoms with Crippen molar-refractivity contribution in [3.8, 4) is 0 Å². The molecule has 0 spiro atoms. The number of carbonyl (C=O) groups excluding carboxylic acids is 1. The Labute approximate surface area is 102 Å². The Bertz CT molecular complexity index is 486. The van der Waals surface area contributed by atoms with E-state index in [1.54, 1.807) is 12.1 Å². The molecule has 0 aliphatic heterocycles. The number of halogens is 1. The van der Waals surface area contributed by atoms with Crippen LogP contribution in [-0.2, 0) is 9.59 Å². The lowest BCUT2D eigenvalue weighted by Crippen LogP contribution is -2.08. The number of benzene rings is 1. The Kier molecular flexibility index (Phi) is 4.48. The second kappa shape index (κ2) is 5.86. The highest BCUT2D eigenvalue weighted by atomic mass is 35.5. The Morgan fingerprint density at radius 3 is 2.35 bits per heavy atom. The summed E-state index contributed by atoms with van der Waals surface area (Å²) >= 11 is 5.65. The van der Waals surface area contributed by atoms with E-state index < -0.39 is 11.8 Å². The predicted octanol–water partition coefficient (Wildman–Crippen LogP) is 1.25. The molecule has 4 nitrogen and oxygen atoms in total. The lowest BCUT2D eigenvalue weighted by Gasteiger charge is -2.10. The standard InChI is InChI=1S/C12H9ClO4/c13-9-6-4-8(5-7-9)10(14)2-1-3-11(15)12(16)17/h1-7,14H,(H,16,17)/p-1. The Morgan fingerprint density at radius 2 is 1.82 bits per heavy atom. The van der Waals surface area contributed by atoms with Gasteiger partial charge in [0.15, 0.2) is 0 Å². The molecule has 0 atom stereocenters. The van der Waals surface area contributed by atoms with E-state index in [1.807, 2.05) is 0 Å². The van der Waals surface area contributed by atoms with Crippen LogP contribution in [0.3, 0.4) is 0 Å². The number of carbonyl (C=O) groups is 2. The van der Waals surface area contributed by atoms with Crippen molar-refractivity contribution in [2.45, 2.75) is 0 Å². The van der Waals surface area contributed by atoms with Gasteiger partial charge in [-0.25, -0.2) is 4.79 Å². The number of carboxylic acids is 1. The lowest BCUT2D eigenvalue weighted by atomic mass is 10.2. The topological polar surface area (TPSA) is 77.4 Å².